The Labute approximate surface area is 93.9 Å². The summed E-state index contributed by atoms with van der Waals surface area (Å²) in [5, 5.41) is 4.93. The van der Waals surface area contributed by atoms with Crippen LogP contribution in [0.25, 0.3) is 0 Å². The van der Waals surface area contributed by atoms with Gasteiger partial charge in [-0.15, -0.1) is 0 Å². The van der Waals surface area contributed by atoms with Crippen LogP contribution in [-0.2, 0) is 0 Å². The summed E-state index contributed by atoms with van der Waals surface area (Å²) in [6.45, 7) is 7.54. The maximum atomic E-state index is 12.9. The van der Waals surface area contributed by atoms with Gasteiger partial charge in [0.25, 0.3) is 0 Å². The molecular weight excluding hydrogens is 219 g/mol. The number of hydrazone groups is 1. The van der Waals surface area contributed by atoms with Crippen molar-refractivity contribution in [1.82, 2.24) is 9.91 Å². The molecule has 94 valence electrons. The van der Waals surface area contributed by atoms with Crippen LogP contribution in [-0.4, -0.2) is 41.2 Å². The summed E-state index contributed by atoms with van der Waals surface area (Å²) in [5.74, 6) is 0.170. The molecule has 3 nitrogen and oxygen atoms in total. The zero-order valence-corrected chi connectivity index (χ0v) is 9.99. The summed E-state index contributed by atoms with van der Waals surface area (Å²) in [6.07, 6.45) is -4.61. The number of hydrogen-bond donors (Lipinski definition) is 0. The average molecular weight is 237 g/mol. The van der Waals surface area contributed by atoms with Crippen molar-refractivity contribution < 1.29 is 13.2 Å². The molecule has 1 aliphatic heterocycles. The van der Waals surface area contributed by atoms with Gasteiger partial charge in [-0.05, 0) is 19.8 Å². The number of hydrogen-bond acceptors (Lipinski definition) is 3. The molecule has 0 saturated carbocycles. The lowest BCUT2D eigenvalue weighted by molar-refractivity contribution is -0.212. The predicted octanol–water partition coefficient (Wildman–Crippen LogP) is 2.50. The third kappa shape index (κ3) is 2.80. The molecule has 1 unspecified atom stereocenters. The van der Waals surface area contributed by atoms with E-state index in [0.29, 0.717) is 6.54 Å². The third-order valence-corrected chi connectivity index (χ3v) is 2.30. The van der Waals surface area contributed by atoms with Crippen LogP contribution in [0.4, 0.5) is 13.2 Å². The van der Waals surface area contributed by atoms with E-state index in [2.05, 4.69) is 5.10 Å². The third-order valence-electron chi connectivity index (χ3n) is 2.30. The molecule has 0 bridgehead atoms. The van der Waals surface area contributed by atoms with E-state index in [1.165, 1.54) is 11.2 Å². The first-order valence-electron chi connectivity index (χ1n) is 5.38. The topological polar surface area (TPSA) is 18.8 Å². The Hall–Kier alpha value is -0.940. The molecule has 0 aliphatic carbocycles. The molecule has 0 aromatic heterocycles. The lowest BCUT2D eigenvalue weighted by Crippen LogP contribution is -2.52. The van der Waals surface area contributed by atoms with Gasteiger partial charge >= 0.3 is 6.18 Å². The van der Waals surface area contributed by atoms with Gasteiger partial charge in [-0.3, -0.25) is 5.01 Å². The molecule has 1 rings (SSSR count). The monoisotopic (exact) mass is 237 g/mol. The summed E-state index contributed by atoms with van der Waals surface area (Å²) in [4.78, 5) is 1.25. The fourth-order valence-corrected chi connectivity index (χ4v) is 1.73. The minimum absolute atomic E-state index is 0.170. The summed E-state index contributed by atoms with van der Waals surface area (Å²) in [7, 11) is 0. The molecule has 1 atom stereocenters. The molecule has 0 aromatic rings. The summed E-state index contributed by atoms with van der Waals surface area (Å²) in [6, 6.07) is -0.264. The molecular formula is C10H18F3N3. The van der Waals surface area contributed by atoms with E-state index < -0.39 is 12.3 Å². The van der Waals surface area contributed by atoms with E-state index in [9.17, 15) is 13.2 Å². The molecule has 0 aromatic carbocycles. The summed E-state index contributed by atoms with van der Waals surface area (Å²) < 4.78 is 38.7. The van der Waals surface area contributed by atoms with Gasteiger partial charge in [0.1, 0.15) is 6.34 Å². The van der Waals surface area contributed by atoms with Crippen molar-refractivity contribution in [2.75, 3.05) is 6.54 Å². The number of rotatable bonds is 3. The van der Waals surface area contributed by atoms with Gasteiger partial charge in [0.2, 0.25) is 6.17 Å². The van der Waals surface area contributed by atoms with Crippen molar-refractivity contribution >= 4 is 6.34 Å². The van der Waals surface area contributed by atoms with Crippen LogP contribution >= 0.6 is 0 Å². The Balaban J connectivity index is 2.84. The lowest BCUT2D eigenvalue weighted by atomic mass is 10.2. The van der Waals surface area contributed by atoms with Crippen LogP contribution in [0.5, 0.6) is 0 Å². The maximum absolute atomic E-state index is 12.9. The summed E-state index contributed by atoms with van der Waals surface area (Å²) >= 11 is 0. The molecule has 6 heteroatoms. The number of halogens is 3. The highest BCUT2D eigenvalue weighted by atomic mass is 19.4. The molecule has 0 fully saturated rings. The molecule has 0 spiro atoms. The van der Waals surface area contributed by atoms with E-state index in [4.69, 9.17) is 0 Å². The van der Waals surface area contributed by atoms with Gasteiger partial charge in [-0.1, -0.05) is 13.8 Å². The maximum Gasteiger partial charge on any atom is 0.429 e. The van der Waals surface area contributed by atoms with Crippen LogP contribution in [0.1, 0.15) is 27.7 Å². The molecule has 0 saturated heterocycles. The normalized spacial score (nSPS) is 21.7. The highest BCUT2D eigenvalue weighted by Crippen LogP contribution is 2.31. The van der Waals surface area contributed by atoms with Crippen LogP contribution in [0.2, 0.25) is 0 Å². The SMILES string of the molecule is CC(C)CN1C=NN(C(C)C)C1C(F)(F)F. The second-order valence-corrected chi connectivity index (χ2v) is 4.71. The molecule has 0 N–H and O–H groups in total. The van der Waals surface area contributed by atoms with Gasteiger partial charge in [0.05, 0.1) is 0 Å². The van der Waals surface area contributed by atoms with Crippen molar-refractivity contribution in [3.05, 3.63) is 0 Å². The van der Waals surface area contributed by atoms with Crippen LogP contribution < -0.4 is 0 Å². The first-order valence-corrected chi connectivity index (χ1v) is 5.38. The Morgan fingerprint density at radius 3 is 2.19 bits per heavy atom. The molecule has 0 amide bonds. The molecule has 0 radical (unpaired) electrons. The molecule has 1 heterocycles. The Bertz CT molecular complexity index is 261. The largest absolute Gasteiger partial charge is 0.429 e. The predicted molar refractivity (Wildman–Crippen MR) is 56.9 cm³/mol. The zero-order chi connectivity index (χ0) is 12.5. The van der Waals surface area contributed by atoms with Crippen molar-refractivity contribution in [3.63, 3.8) is 0 Å². The second kappa shape index (κ2) is 4.51. The van der Waals surface area contributed by atoms with Gasteiger partial charge in [-0.25, -0.2) is 0 Å². The highest BCUT2D eigenvalue weighted by Gasteiger charge is 2.50. The van der Waals surface area contributed by atoms with E-state index >= 15 is 0 Å². The smallest absolute Gasteiger partial charge is 0.332 e. The quantitative estimate of drug-likeness (QED) is 0.751. The Kier molecular flexibility index (Phi) is 3.70. The molecule has 16 heavy (non-hydrogen) atoms. The minimum Gasteiger partial charge on any atom is -0.332 e. The Morgan fingerprint density at radius 1 is 1.25 bits per heavy atom. The average Bonchev–Trinajstić information content (AvgIpc) is 2.45. The van der Waals surface area contributed by atoms with Crippen molar-refractivity contribution in [2.24, 2.45) is 11.0 Å². The second-order valence-electron chi connectivity index (χ2n) is 4.71. The Morgan fingerprint density at radius 2 is 1.81 bits per heavy atom. The van der Waals surface area contributed by atoms with E-state index in [0.717, 1.165) is 5.01 Å². The highest BCUT2D eigenvalue weighted by molar-refractivity contribution is 5.57. The van der Waals surface area contributed by atoms with Gasteiger partial charge in [-0.2, -0.15) is 18.3 Å². The lowest BCUT2D eigenvalue weighted by Gasteiger charge is -2.34. The zero-order valence-electron chi connectivity index (χ0n) is 9.99. The van der Waals surface area contributed by atoms with Crippen molar-refractivity contribution in [2.45, 2.75) is 46.1 Å². The number of alkyl halides is 3. The fourth-order valence-electron chi connectivity index (χ4n) is 1.73. The standard InChI is InChI=1S/C10H18F3N3/c1-7(2)5-15-6-14-16(8(3)4)9(15)10(11,12)13/h6-9H,5H2,1-4H3. The first kappa shape index (κ1) is 13.1. The van der Waals surface area contributed by atoms with E-state index in [1.54, 1.807) is 13.8 Å². The minimum atomic E-state index is -4.28. The van der Waals surface area contributed by atoms with Crippen LogP contribution in [0.3, 0.4) is 0 Å². The van der Waals surface area contributed by atoms with E-state index in [1.807, 2.05) is 13.8 Å². The first-order chi connectivity index (χ1) is 7.23. The van der Waals surface area contributed by atoms with Gasteiger partial charge in [0.15, 0.2) is 0 Å². The summed E-state index contributed by atoms with van der Waals surface area (Å²) in [5.41, 5.74) is 0. The number of nitrogens with zero attached hydrogens (tertiary/aromatic N) is 3. The van der Waals surface area contributed by atoms with Gasteiger partial charge < -0.3 is 4.90 Å². The fraction of sp³-hybridized carbons (Fsp3) is 0.900. The molecule has 1 aliphatic rings. The van der Waals surface area contributed by atoms with E-state index in [-0.39, 0.29) is 12.0 Å². The van der Waals surface area contributed by atoms with Crippen molar-refractivity contribution in [3.8, 4) is 0 Å². The van der Waals surface area contributed by atoms with Crippen LogP contribution in [0.15, 0.2) is 5.10 Å². The van der Waals surface area contributed by atoms with Crippen LogP contribution in [0, 0.1) is 5.92 Å². The van der Waals surface area contributed by atoms with Gasteiger partial charge in [0, 0.05) is 12.6 Å². The van der Waals surface area contributed by atoms with Crippen molar-refractivity contribution in [1.29, 1.82) is 0 Å².